The number of H-pyrrole nitrogens is 1. The Hall–Kier alpha value is -1.56. The molecular formula is C29H49N5O. The third-order valence-corrected chi connectivity index (χ3v) is 10.4. The molecule has 1 aromatic heterocycles. The van der Waals surface area contributed by atoms with Crippen molar-refractivity contribution in [3.8, 4) is 0 Å². The minimum Gasteiger partial charge on any atom is -0.371 e. The molecule has 3 unspecified atom stereocenters. The van der Waals surface area contributed by atoms with E-state index in [-0.39, 0.29) is 0 Å². The Kier molecular flexibility index (Phi) is 8.05. The first-order valence-electron chi connectivity index (χ1n) is 14.8. The van der Waals surface area contributed by atoms with E-state index in [2.05, 4.69) is 9.97 Å². The Bertz CT molecular complexity index is 819. The van der Waals surface area contributed by atoms with E-state index in [9.17, 15) is 5.11 Å². The standard InChI is InChI=1S/C29H49N5O/c1-34-27(35)29(33-28(34)30,16-15-21-7-3-2-4-8-21)18-22-9-5-11-24(17-22)26-14-13-23(26)10-6-12-25-19-31-20-32-25/h19-24,26-27,35H,2-18H2,1H3,(H2,30,33)(H,31,32)/t22-,23?,24?,26+,27?,29+/m0/s1. The second-order valence-electron chi connectivity index (χ2n) is 12.6. The molecule has 1 aliphatic heterocycles. The number of rotatable bonds is 10. The van der Waals surface area contributed by atoms with Crippen molar-refractivity contribution in [1.82, 2.24) is 14.9 Å². The SMILES string of the molecule is CN1C(N)=N[C@](CCC2CCCCC2)(C[C@H]2CCCC([C@@H]3CCC3CCCc3cnc[nH]3)C2)C1O. The van der Waals surface area contributed by atoms with Crippen molar-refractivity contribution in [2.75, 3.05) is 7.05 Å². The van der Waals surface area contributed by atoms with Crippen LogP contribution in [0.1, 0.15) is 108 Å². The summed E-state index contributed by atoms with van der Waals surface area (Å²) in [6, 6.07) is 0. The maximum absolute atomic E-state index is 11.3. The van der Waals surface area contributed by atoms with Gasteiger partial charge in [-0.25, -0.2) is 9.98 Å². The van der Waals surface area contributed by atoms with Gasteiger partial charge in [-0.3, -0.25) is 0 Å². The van der Waals surface area contributed by atoms with Gasteiger partial charge in [0.25, 0.3) is 0 Å². The zero-order valence-electron chi connectivity index (χ0n) is 22.0. The average Bonchev–Trinajstić information content (AvgIpc) is 3.44. The van der Waals surface area contributed by atoms with Crippen LogP contribution in [0.4, 0.5) is 0 Å². The molecule has 2 heterocycles. The van der Waals surface area contributed by atoms with Gasteiger partial charge in [0.2, 0.25) is 0 Å². The lowest BCUT2D eigenvalue weighted by molar-refractivity contribution is -0.0110. The lowest BCUT2D eigenvalue weighted by Crippen LogP contribution is -2.48. The van der Waals surface area contributed by atoms with Crippen molar-refractivity contribution in [3.63, 3.8) is 0 Å². The van der Waals surface area contributed by atoms with Gasteiger partial charge in [0.05, 0.1) is 6.33 Å². The molecule has 4 N–H and O–H groups in total. The molecular weight excluding hydrogens is 434 g/mol. The molecule has 1 aromatic rings. The molecule has 3 fully saturated rings. The minimum atomic E-state index is -0.564. The van der Waals surface area contributed by atoms with Gasteiger partial charge in [0.1, 0.15) is 5.54 Å². The quantitative estimate of drug-likeness (QED) is 0.402. The van der Waals surface area contributed by atoms with Crippen LogP contribution in [0.2, 0.25) is 0 Å². The van der Waals surface area contributed by atoms with Crippen LogP contribution in [0, 0.1) is 29.6 Å². The predicted molar refractivity (Wildman–Crippen MR) is 142 cm³/mol. The number of hydrogen-bond donors (Lipinski definition) is 3. The normalized spacial score (nSPS) is 36.2. The number of likely N-dealkylation sites (N-methyl/N-ethyl adjacent to an activating group) is 1. The number of hydrogen-bond acceptors (Lipinski definition) is 5. The van der Waals surface area contributed by atoms with Crippen molar-refractivity contribution in [1.29, 1.82) is 0 Å². The van der Waals surface area contributed by atoms with Crippen molar-refractivity contribution in [2.24, 2.45) is 40.3 Å². The zero-order valence-corrected chi connectivity index (χ0v) is 22.0. The first kappa shape index (κ1) is 25.1. The highest BCUT2D eigenvalue weighted by atomic mass is 16.3. The molecule has 196 valence electrons. The van der Waals surface area contributed by atoms with E-state index in [0.717, 1.165) is 42.9 Å². The summed E-state index contributed by atoms with van der Waals surface area (Å²) in [4.78, 5) is 14.2. The van der Waals surface area contributed by atoms with Crippen LogP contribution in [0.5, 0.6) is 0 Å². The Morgan fingerprint density at radius 3 is 2.57 bits per heavy atom. The summed E-state index contributed by atoms with van der Waals surface area (Å²) >= 11 is 0. The molecule has 6 nitrogen and oxygen atoms in total. The molecule has 3 aliphatic carbocycles. The second kappa shape index (κ2) is 11.2. The van der Waals surface area contributed by atoms with Gasteiger partial charge in [-0.05, 0) is 87.4 Å². The zero-order chi connectivity index (χ0) is 24.3. The van der Waals surface area contributed by atoms with Gasteiger partial charge >= 0.3 is 0 Å². The fourth-order valence-corrected chi connectivity index (χ4v) is 8.18. The Balaban J connectivity index is 1.17. The van der Waals surface area contributed by atoms with E-state index >= 15 is 0 Å². The molecule has 0 radical (unpaired) electrons. The minimum absolute atomic E-state index is 0.397. The highest BCUT2D eigenvalue weighted by Crippen LogP contribution is 2.50. The number of nitrogens with zero attached hydrogens (tertiary/aromatic N) is 3. The number of aliphatic imine (C=N–C) groups is 1. The van der Waals surface area contributed by atoms with E-state index in [1.54, 1.807) is 6.33 Å². The van der Waals surface area contributed by atoms with Gasteiger partial charge in [-0.15, -0.1) is 0 Å². The number of aliphatic hydroxyl groups excluding tert-OH is 1. The number of aromatic nitrogens is 2. The average molecular weight is 484 g/mol. The molecule has 0 amide bonds. The van der Waals surface area contributed by atoms with E-state index < -0.39 is 11.8 Å². The number of guanidine groups is 1. The summed E-state index contributed by atoms with van der Waals surface area (Å²) in [5, 5.41) is 11.3. The van der Waals surface area contributed by atoms with Crippen LogP contribution in [0.3, 0.4) is 0 Å². The van der Waals surface area contributed by atoms with Crippen LogP contribution in [-0.2, 0) is 6.42 Å². The van der Waals surface area contributed by atoms with Crippen molar-refractivity contribution in [3.05, 3.63) is 18.2 Å². The third kappa shape index (κ3) is 5.73. The molecule has 0 aromatic carbocycles. The largest absolute Gasteiger partial charge is 0.371 e. The van der Waals surface area contributed by atoms with Crippen LogP contribution in [0.25, 0.3) is 0 Å². The van der Waals surface area contributed by atoms with Gasteiger partial charge in [0.15, 0.2) is 12.2 Å². The van der Waals surface area contributed by atoms with Crippen molar-refractivity contribution in [2.45, 2.75) is 121 Å². The molecule has 35 heavy (non-hydrogen) atoms. The Morgan fingerprint density at radius 2 is 1.89 bits per heavy atom. The molecule has 0 saturated heterocycles. The van der Waals surface area contributed by atoms with E-state index in [4.69, 9.17) is 10.7 Å². The topological polar surface area (TPSA) is 90.5 Å². The third-order valence-electron chi connectivity index (χ3n) is 10.4. The van der Waals surface area contributed by atoms with E-state index in [1.807, 2.05) is 18.1 Å². The van der Waals surface area contributed by atoms with Crippen LogP contribution in [0.15, 0.2) is 17.5 Å². The first-order valence-corrected chi connectivity index (χ1v) is 14.8. The second-order valence-corrected chi connectivity index (χ2v) is 12.6. The predicted octanol–water partition coefficient (Wildman–Crippen LogP) is 5.63. The summed E-state index contributed by atoms with van der Waals surface area (Å²) < 4.78 is 0. The molecule has 6 atom stereocenters. The number of nitrogens with two attached hydrogens (primary N) is 1. The first-order chi connectivity index (χ1) is 17.0. The van der Waals surface area contributed by atoms with Crippen LogP contribution < -0.4 is 5.73 Å². The maximum Gasteiger partial charge on any atom is 0.193 e. The number of imidazole rings is 1. The Morgan fingerprint density at radius 1 is 1.06 bits per heavy atom. The van der Waals surface area contributed by atoms with E-state index in [1.165, 1.54) is 95.6 Å². The molecule has 0 bridgehead atoms. The van der Waals surface area contributed by atoms with Crippen molar-refractivity contribution < 1.29 is 5.11 Å². The summed E-state index contributed by atoms with van der Waals surface area (Å²) in [5.41, 5.74) is 7.15. The number of aryl methyl sites for hydroxylation is 1. The molecule has 4 aliphatic rings. The molecule has 6 heteroatoms. The smallest absolute Gasteiger partial charge is 0.193 e. The summed E-state index contributed by atoms with van der Waals surface area (Å²) in [7, 11) is 1.91. The fraction of sp³-hybridized carbons (Fsp3) is 0.862. The van der Waals surface area contributed by atoms with Crippen molar-refractivity contribution >= 4 is 5.96 Å². The van der Waals surface area contributed by atoms with Crippen LogP contribution >= 0.6 is 0 Å². The number of aromatic amines is 1. The highest BCUT2D eigenvalue weighted by molar-refractivity contribution is 5.80. The summed E-state index contributed by atoms with van der Waals surface area (Å²) in [5.74, 6) is 4.72. The van der Waals surface area contributed by atoms with Gasteiger partial charge in [0, 0.05) is 18.9 Å². The molecule has 0 spiro atoms. The van der Waals surface area contributed by atoms with Crippen LogP contribution in [-0.4, -0.2) is 44.7 Å². The fourth-order valence-electron chi connectivity index (χ4n) is 8.18. The molecule has 3 saturated carbocycles. The molecule has 5 rings (SSSR count). The lowest BCUT2D eigenvalue weighted by Gasteiger charge is -2.46. The number of aliphatic hydroxyl groups is 1. The van der Waals surface area contributed by atoms with E-state index in [0.29, 0.717) is 11.9 Å². The van der Waals surface area contributed by atoms with Gasteiger partial charge in [-0.1, -0.05) is 51.4 Å². The number of nitrogens with one attached hydrogen (secondary N) is 1. The summed E-state index contributed by atoms with van der Waals surface area (Å²) in [6.45, 7) is 0. The van der Waals surface area contributed by atoms with Gasteiger partial charge in [-0.2, -0.15) is 0 Å². The summed E-state index contributed by atoms with van der Waals surface area (Å²) in [6.07, 6.45) is 25.2. The maximum atomic E-state index is 11.3. The highest BCUT2D eigenvalue weighted by Gasteiger charge is 2.48. The Labute approximate surface area is 212 Å². The van der Waals surface area contributed by atoms with Gasteiger partial charge < -0.3 is 20.7 Å². The monoisotopic (exact) mass is 483 g/mol. The lowest BCUT2D eigenvalue weighted by atomic mass is 9.60.